The summed E-state index contributed by atoms with van der Waals surface area (Å²) in [5, 5.41) is 2.87. The Morgan fingerprint density at radius 3 is 2.44 bits per heavy atom. The second-order valence-corrected chi connectivity index (χ2v) is 6.72. The quantitative estimate of drug-likeness (QED) is 0.765. The Kier molecular flexibility index (Phi) is 5.55. The average molecular weight is 278 g/mol. The van der Waals surface area contributed by atoms with E-state index in [0.717, 1.165) is 0 Å². The van der Waals surface area contributed by atoms with E-state index in [9.17, 15) is 13.2 Å². The van der Waals surface area contributed by atoms with Crippen LogP contribution in [0.3, 0.4) is 0 Å². The topological polar surface area (TPSA) is 75.7 Å². The third-order valence-electron chi connectivity index (χ3n) is 3.28. The van der Waals surface area contributed by atoms with Gasteiger partial charge >= 0.3 is 0 Å². The predicted octanol–water partition coefficient (Wildman–Crippen LogP) is -0.0484. The second kappa shape index (κ2) is 6.49. The lowest BCUT2D eigenvalue weighted by Crippen LogP contribution is -2.48. The molecule has 1 N–H and O–H groups in total. The molecule has 0 aromatic rings. The molecule has 0 aromatic carbocycles. The fraction of sp³-hybridized carbons (Fsp3) is 0.909. The van der Waals surface area contributed by atoms with Gasteiger partial charge < -0.3 is 10.1 Å². The zero-order valence-corrected chi connectivity index (χ0v) is 12.0. The average Bonchev–Trinajstić information content (AvgIpc) is 2.38. The largest absolute Gasteiger partial charge is 0.372 e. The Morgan fingerprint density at radius 2 is 2.00 bits per heavy atom. The number of hydrogen-bond acceptors (Lipinski definition) is 4. The van der Waals surface area contributed by atoms with E-state index >= 15 is 0 Å². The molecular formula is C11H22N2O4S. The van der Waals surface area contributed by atoms with Crippen LogP contribution in [0.5, 0.6) is 0 Å². The molecule has 0 radical (unpaired) electrons. The van der Waals surface area contributed by atoms with Gasteiger partial charge in [-0.15, -0.1) is 0 Å². The van der Waals surface area contributed by atoms with Crippen molar-refractivity contribution in [3.63, 3.8) is 0 Å². The van der Waals surface area contributed by atoms with Gasteiger partial charge in [-0.3, -0.25) is 4.79 Å². The molecule has 1 aliphatic heterocycles. The van der Waals surface area contributed by atoms with Gasteiger partial charge in [0.05, 0.1) is 5.75 Å². The summed E-state index contributed by atoms with van der Waals surface area (Å²) in [6, 6.07) is 0.0402. The van der Waals surface area contributed by atoms with Crippen LogP contribution in [0.25, 0.3) is 0 Å². The van der Waals surface area contributed by atoms with Gasteiger partial charge in [0.15, 0.2) is 0 Å². The van der Waals surface area contributed by atoms with Gasteiger partial charge in [-0.25, -0.2) is 12.7 Å². The van der Waals surface area contributed by atoms with E-state index in [-0.39, 0.29) is 17.7 Å². The highest BCUT2D eigenvalue weighted by atomic mass is 32.2. The molecule has 0 aliphatic carbocycles. The monoisotopic (exact) mass is 278 g/mol. The first kappa shape index (κ1) is 15.4. The van der Waals surface area contributed by atoms with Crippen LogP contribution in [0, 0.1) is 0 Å². The molecule has 1 aliphatic rings. The zero-order valence-electron chi connectivity index (χ0n) is 11.2. The van der Waals surface area contributed by atoms with Crippen molar-refractivity contribution in [1.29, 1.82) is 0 Å². The Hall–Kier alpha value is -0.660. The molecule has 106 valence electrons. The van der Waals surface area contributed by atoms with Gasteiger partial charge in [-0.05, 0) is 26.7 Å². The number of carbonyl (C=O) groups is 1. The summed E-state index contributed by atoms with van der Waals surface area (Å²) in [6.45, 7) is 4.28. The highest BCUT2D eigenvalue weighted by molar-refractivity contribution is 7.89. The molecule has 1 saturated heterocycles. The smallest absolute Gasteiger partial charge is 0.249 e. The van der Waals surface area contributed by atoms with Crippen molar-refractivity contribution in [2.24, 2.45) is 0 Å². The third kappa shape index (κ3) is 3.93. The summed E-state index contributed by atoms with van der Waals surface area (Å²) in [5.41, 5.74) is 0. The maximum atomic E-state index is 11.7. The number of sulfonamides is 1. The van der Waals surface area contributed by atoms with Gasteiger partial charge in [-0.1, -0.05) is 0 Å². The first-order valence-corrected chi connectivity index (χ1v) is 7.82. The summed E-state index contributed by atoms with van der Waals surface area (Å²) in [5.74, 6) is -0.0145. The van der Waals surface area contributed by atoms with Crippen molar-refractivity contribution in [2.75, 3.05) is 26.0 Å². The van der Waals surface area contributed by atoms with Crippen molar-refractivity contribution in [1.82, 2.24) is 9.62 Å². The first-order chi connectivity index (χ1) is 8.40. The molecule has 1 atom stereocenters. The van der Waals surface area contributed by atoms with Crippen LogP contribution < -0.4 is 5.32 Å². The van der Waals surface area contributed by atoms with Crippen molar-refractivity contribution in [3.05, 3.63) is 0 Å². The normalized spacial score (nSPS) is 20.6. The van der Waals surface area contributed by atoms with Gasteiger partial charge in [0, 0.05) is 26.2 Å². The Morgan fingerprint density at radius 1 is 1.44 bits per heavy atom. The number of amides is 1. The molecule has 1 fully saturated rings. The maximum absolute atomic E-state index is 11.7. The van der Waals surface area contributed by atoms with Crippen molar-refractivity contribution >= 4 is 15.9 Å². The van der Waals surface area contributed by atoms with E-state index in [0.29, 0.717) is 25.9 Å². The summed E-state index contributed by atoms with van der Waals surface area (Å²) < 4.78 is 29.7. The number of piperidine rings is 1. The molecule has 0 bridgehead atoms. The van der Waals surface area contributed by atoms with Crippen LogP contribution in [0.15, 0.2) is 0 Å². The molecule has 1 amide bonds. The fourth-order valence-electron chi connectivity index (χ4n) is 1.89. The lowest BCUT2D eigenvalue weighted by molar-refractivity contribution is -0.131. The zero-order chi connectivity index (χ0) is 13.8. The molecule has 0 saturated carbocycles. The Bertz CT molecular complexity index is 375. The Labute approximate surface area is 109 Å². The molecule has 0 spiro atoms. The van der Waals surface area contributed by atoms with Crippen LogP contribution in [-0.2, 0) is 19.6 Å². The van der Waals surface area contributed by atoms with Crippen LogP contribution in [-0.4, -0.2) is 56.7 Å². The van der Waals surface area contributed by atoms with Gasteiger partial charge in [0.25, 0.3) is 0 Å². The highest BCUT2D eigenvalue weighted by Crippen LogP contribution is 2.14. The number of hydrogen-bond donors (Lipinski definition) is 1. The number of ether oxygens (including phenoxy) is 1. The predicted molar refractivity (Wildman–Crippen MR) is 68.7 cm³/mol. The van der Waals surface area contributed by atoms with E-state index in [4.69, 9.17) is 4.74 Å². The lowest BCUT2D eigenvalue weighted by atomic mass is 10.1. The number of nitrogens with one attached hydrogen (secondary N) is 1. The number of methoxy groups -OCH3 is 1. The minimum atomic E-state index is -3.10. The van der Waals surface area contributed by atoms with Crippen LogP contribution in [0.1, 0.15) is 26.7 Å². The minimum absolute atomic E-state index is 0.0402. The SMILES string of the molecule is CCS(=O)(=O)N1CCC(NC(=O)C(C)OC)CC1. The molecule has 7 heteroatoms. The van der Waals surface area contributed by atoms with E-state index < -0.39 is 16.1 Å². The molecule has 1 heterocycles. The third-order valence-corrected chi connectivity index (χ3v) is 5.16. The molecule has 1 rings (SSSR count). The van der Waals surface area contributed by atoms with E-state index in [1.54, 1.807) is 13.8 Å². The molecular weight excluding hydrogens is 256 g/mol. The van der Waals surface area contributed by atoms with Crippen LogP contribution in [0.2, 0.25) is 0 Å². The van der Waals surface area contributed by atoms with Crippen molar-refractivity contribution in [3.8, 4) is 0 Å². The maximum Gasteiger partial charge on any atom is 0.249 e. The van der Waals surface area contributed by atoms with Gasteiger partial charge in [0.2, 0.25) is 15.9 Å². The van der Waals surface area contributed by atoms with Gasteiger partial charge in [-0.2, -0.15) is 0 Å². The van der Waals surface area contributed by atoms with Crippen molar-refractivity contribution in [2.45, 2.75) is 38.8 Å². The van der Waals surface area contributed by atoms with E-state index in [1.165, 1.54) is 11.4 Å². The second-order valence-electron chi connectivity index (χ2n) is 4.46. The summed E-state index contributed by atoms with van der Waals surface area (Å²) in [6.07, 6.45) is 0.838. The number of rotatable bonds is 5. The Balaban J connectivity index is 2.43. The molecule has 6 nitrogen and oxygen atoms in total. The van der Waals surface area contributed by atoms with Crippen molar-refractivity contribution < 1.29 is 17.9 Å². The number of carbonyl (C=O) groups excluding carboxylic acids is 1. The van der Waals surface area contributed by atoms with Crippen LogP contribution in [0.4, 0.5) is 0 Å². The summed E-state index contributed by atoms with van der Waals surface area (Å²) in [4.78, 5) is 11.6. The van der Waals surface area contributed by atoms with E-state index in [1.807, 2.05) is 0 Å². The fourth-order valence-corrected chi connectivity index (χ4v) is 3.02. The molecule has 0 aromatic heterocycles. The standard InChI is InChI=1S/C11H22N2O4S/c1-4-18(15,16)13-7-5-10(6-8-13)12-11(14)9(2)17-3/h9-10H,4-8H2,1-3H3,(H,12,14). The first-order valence-electron chi connectivity index (χ1n) is 6.21. The van der Waals surface area contributed by atoms with Crippen LogP contribution >= 0.6 is 0 Å². The number of nitrogens with zero attached hydrogens (tertiary/aromatic N) is 1. The van der Waals surface area contributed by atoms with Gasteiger partial charge in [0.1, 0.15) is 6.10 Å². The van der Waals surface area contributed by atoms with E-state index in [2.05, 4.69) is 5.32 Å². The lowest BCUT2D eigenvalue weighted by Gasteiger charge is -2.31. The summed E-state index contributed by atoms with van der Waals surface area (Å²) >= 11 is 0. The summed E-state index contributed by atoms with van der Waals surface area (Å²) in [7, 11) is -1.61. The molecule has 1 unspecified atom stereocenters. The molecule has 18 heavy (non-hydrogen) atoms. The minimum Gasteiger partial charge on any atom is -0.372 e. The highest BCUT2D eigenvalue weighted by Gasteiger charge is 2.28.